The molecule has 0 heterocycles. The first-order valence-corrected chi connectivity index (χ1v) is 6.20. The molecular weight excluding hydrogens is 295 g/mol. The second-order valence-corrected chi connectivity index (χ2v) is 4.62. The molecule has 1 aromatic rings. The fraction of sp³-hybridized carbons (Fsp3) is 0.417. The molecule has 0 aliphatic rings. The fourth-order valence-corrected chi connectivity index (χ4v) is 1.91. The normalized spacial score (nSPS) is 13.0. The van der Waals surface area contributed by atoms with Crippen LogP contribution < -0.4 is 5.73 Å². The molecule has 8 heteroatoms. The van der Waals surface area contributed by atoms with E-state index in [4.69, 9.17) is 22.5 Å². The third-order valence-corrected chi connectivity index (χ3v) is 3.05. The maximum Gasteiger partial charge on any atom is 0.401 e. The smallest absolute Gasteiger partial charge is 0.401 e. The van der Waals surface area contributed by atoms with Gasteiger partial charge in [0, 0.05) is 17.1 Å². The Hall–Kier alpha value is -1.47. The molecule has 0 unspecified atom stereocenters. The first-order chi connectivity index (χ1) is 9.26. The zero-order chi connectivity index (χ0) is 15.3. The topological polar surface area (TPSA) is 61.8 Å². The summed E-state index contributed by atoms with van der Waals surface area (Å²) in [5.41, 5.74) is 6.36. The molecule has 20 heavy (non-hydrogen) atoms. The minimum absolute atomic E-state index is 0.0747. The van der Waals surface area contributed by atoms with Gasteiger partial charge in [-0.2, -0.15) is 13.2 Å². The largest absolute Gasteiger partial charge is 0.409 e. The van der Waals surface area contributed by atoms with Crippen LogP contribution in [0, 0.1) is 0 Å². The van der Waals surface area contributed by atoms with Crippen molar-refractivity contribution in [2.24, 2.45) is 10.9 Å². The maximum atomic E-state index is 12.4. The summed E-state index contributed by atoms with van der Waals surface area (Å²) in [7, 11) is 0. The van der Waals surface area contributed by atoms with Crippen LogP contribution in [0.5, 0.6) is 0 Å². The molecule has 112 valence electrons. The van der Waals surface area contributed by atoms with Crippen molar-refractivity contribution < 1.29 is 18.4 Å². The molecule has 0 aliphatic carbocycles. The number of alkyl halides is 3. The van der Waals surface area contributed by atoms with E-state index >= 15 is 0 Å². The number of halogens is 4. The third kappa shape index (κ3) is 4.90. The molecule has 0 spiro atoms. The second-order valence-electron chi connectivity index (χ2n) is 4.21. The quantitative estimate of drug-likeness (QED) is 0.380. The van der Waals surface area contributed by atoms with Gasteiger partial charge < -0.3 is 10.9 Å². The molecule has 4 nitrogen and oxygen atoms in total. The SMILES string of the molecule is CCN(Cc1ccc(/C(N)=N/O)cc1Cl)CC(F)(F)F. The van der Waals surface area contributed by atoms with E-state index < -0.39 is 12.7 Å². The summed E-state index contributed by atoms with van der Waals surface area (Å²) in [6.45, 7) is 0.968. The first kappa shape index (κ1) is 16.6. The Morgan fingerprint density at radius 3 is 2.55 bits per heavy atom. The van der Waals surface area contributed by atoms with Gasteiger partial charge in [-0.3, -0.25) is 4.90 Å². The average molecular weight is 310 g/mol. The van der Waals surface area contributed by atoms with Crippen LogP contribution in [0.1, 0.15) is 18.1 Å². The molecule has 0 bridgehead atoms. The summed E-state index contributed by atoms with van der Waals surface area (Å²) in [6.07, 6.45) is -4.25. The summed E-state index contributed by atoms with van der Waals surface area (Å²) in [4.78, 5) is 1.23. The van der Waals surface area contributed by atoms with Crippen molar-refractivity contribution in [3.63, 3.8) is 0 Å². The fourth-order valence-electron chi connectivity index (χ4n) is 1.67. The molecule has 0 aromatic heterocycles. The minimum atomic E-state index is -4.25. The van der Waals surface area contributed by atoms with Crippen LogP contribution in [0.3, 0.4) is 0 Å². The van der Waals surface area contributed by atoms with Crippen LogP contribution in [-0.4, -0.2) is 35.2 Å². The standard InChI is InChI=1S/C12H15ClF3N3O/c1-2-19(7-12(14,15)16)6-9-4-3-8(5-10(9)13)11(17)18-20/h3-5,20H,2,6-7H2,1H3,(H2,17,18). The lowest BCUT2D eigenvalue weighted by Gasteiger charge is -2.22. The van der Waals surface area contributed by atoms with E-state index in [1.54, 1.807) is 13.0 Å². The summed E-state index contributed by atoms with van der Waals surface area (Å²) >= 11 is 6.00. The number of oxime groups is 1. The van der Waals surface area contributed by atoms with Crippen LogP contribution in [0.4, 0.5) is 13.2 Å². The van der Waals surface area contributed by atoms with Crippen LogP contribution in [0.15, 0.2) is 23.4 Å². The van der Waals surface area contributed by atoms with Gasteiger partial charge in [0.25, 0.3) is 0 Å². The lowest BCUT2D eigenvalue weighted by Crippen LogP contribution is -2.33. The van der Waals surface area contributed by atoms with E-state index in [2.05, 4.69) is 5.16 Å². The Morgan fingerprint density at radius 2 is 2.10 bits per heavy atom. The van der Waals surface area contributed by atoms with E-state index in [0.717, 1.165) is 0 Å². The molecule has 1 rings (SSSR count). The molecule has 3 N–H and O–H groups in total. The van der Waals surface area contributed by atoms with Gasteiger partial charge in [0.1, 0.15) is 0 Å². The second kappa shape index (κ2) is 6.81. The number of nitrogens with zero attached hydrogens (tertiary/aromatic N) is 2. The van der Waals surface area contributed by atoms with Gasteiger partial charge in [-0.15, -0.1) is 0 Å². The molecular formula is C12H15ClF3N3O. The maximum absolute atomic E-state index is 12.4. The van der Waals surface area contributed by atoms with Crippen LogP contribution in [0.25, 0.3) is 0 Å². The lowest BCUT2D eigenvalue weighted by atomic mass is 10.1. The Balaban J connectivity index is 2.87. The summed E-state index contributed by atoms with van der Waals surface area (Å²) in [6, 6.07) is 4.56. The molecule has 0 saturated heterocycles. The highest BCUT2D eigenvalue weighted by Gasteiger charge is 2.30. The number of hydrogen-bond donors (Lipinski definition) is 2. The Labute approximate surface area is 119 Å². The van der Waals surface area contributed by atoms with E-state index in [1.165, 1.54) is 17.0 Å². The molecule has 1 aromatic carbocycles. The Morgan fingerprint density at radius 1 is 1.45 bits per heavy atom. The third-order valence-electron chi connectivity index (χ3n) is 2.70. The van der Waals surface area contributed by atoms with Crippen LogP contribution in [0.2, 0.25) is 5.02 Å². The van der Waals surface area contributed by atoms with E-state index in [1.807, 2.05) is 0 Å². The minimum Gasteiger partial charge on any atom is -0.409 e. The monoisotopic (exact) mass is 309 g/mol. The molecule has 0 aliphatic heterocycles. The molecule has 0 fully saturated rings. The summed E-state index contributed by atoms with van der Waals surface area (Å²) < 4.78 is 37.1. The van der Waals surface area contributed by atoms with Gasteiger partial charge in [-0.25, -0.2) is 0 Å². The van der Waals surface area contributed by atoms with Crippen LogP contribution in [-0.2, 0) is 6.54 Å². The summed E-state index contributed by atoms with van der Waals surface area (Å²) in [5, 5.41) is 11.7. The molecule has 0 radical (unpaired) electrons. The van der Waals surface area contributed by atoms with Crippen LogP contribution >= 0.6 is 11.6 Å². The highest BCUT2D eigenvalue weighted by molar-refractivity contribution is 6.31. The van der Waals surface area contributed by atoms with Crippen molar-refractivity contribution >= 4 is 17.4 Å². The Kier molecular flexibility index (Phi) is 5.64. The van der Waals surface area contributed by atoms with Crippen molar-refractivity contribution in [2.45, 2.75) is 19.6 Å². The number of rotatable bonds is 5. The van der Waals surface area contributed by atoms with Gasteiger partial charge in [0.2, 0.25) is 0 Å². The number of benzene rings is 1. The summed E-state index contributed by atoms with van der Waals surface area (Å²) in [5.74, 6) is -0.110. The zero-order valence-electron chi connectivity index (χ0n) is 10.8. The number of nitrogens with two attached hydrogens (primary N) is 1. The Bertz CT molecular complexity index is 491. The first-order valence-electron chi connectivity index (χ1n) is 5.82. The predicted molar refractivity (Wildman–Crippen MR) is 71.0 cm³/mol. The van der Waals surface area contributed by atoms with Crippen molar-refractivity contribution in [1.82, 2.24) is 4.90 Å². The number of hydrogen-bond acceptors (Lipinski definition) is 3. The van der Waals surface area contributed by atoms with E-state index in [0.29, 0.717) is 11.1 Å². The van der Waals surface area contributed by atoms with Crippen molar-refractivity contribution in [3.8, 4) is 0 Å². The highest BCUT2D eigenvalue weighted by atomic mass is 35.5. The highest BCUT2D eigenvalue weighted by Crippen LogP contribution is 2.22. The van der Waals surface area contributed by atoms with Gasteiger partial charge in [0.15, 0.2) is 5.84 Å². The van der Waals surface area contributed by atoms with Crippen molar-refractivity contribution in [1.29, 1.82) is 0 Å². The predicted octanol–water partition coefficient (Wildman–Crippen LogP) is 2.82. The molecule has 0 atom stereocenters. The van der Waals surface area contributed by atoms with Gasteiger partial charge in [-0.1, -0.05) is 35.8 Å². The number of amidine groups is 1. The van der Waals surface area contributed by atoms with Gasteiger partial charge in [-0.05, 0) is 18.2 Å². The zero-order valence-corrected chi connectivity index (χ0v) is 11.5. The van der Waals surface area contributed by atoms with Gasteiger partial charge in [0.05, 0.1) is 6.54 Å². The average Bonchev–Trinajstić information content (AvgIpc) is 2.37. The molecule has 0 amide bonds. The van der Waals surface area contributed by atoms with E-state index in [-0.39, 0.29) is 23.9 Å². The van der Waals surface area contributed by atoms with Crippen molar-refractivity contribution in [2.75, 3.05) is 13.1 Å². The molecule has 0 saturated carbocycles. The lowest BCUT2D eigenvalue weighted by molar-refractivity contribution is -0.146. The van der Waals surface area contributed by atoms with Gasteiger partial charge >= 0.3 is 6.18 Å². The van der Waals surface area contributed by atoms with Crippen molar-refractivity contribution in [3.05, 3.63) is 34.3 Å². The van der Waals surface area contributed by atoms with E-state index in [9.17, 15) is 13.2 Å².